The van der Waals surface area contributed by atoms with Gasteiger partial charge < -0.3 is 9.67 Å². The Bertz CT molecular complexity index is 566. The number of hydrogen-bond acceptors (Lipinski definition) is 2. The van der Waals surface area contributed by atoms with Crippen LogP contribution in [0.1, 0.15) is 36.1 Å². The Balaban J connectivity index is 2.19. The third-order valence-corrected chi connectivity index (χ3v) is 3.04. The highest BCUT2D eigenvalue weighted by Crippen LogP contribution is 2.17. The van der Waals surface area contributed by atoms with Gasteiger partial charge in [-0.3, -0.25) is 0 Å². The van der Waals surface area contributed by atoms with Crippen LogP contribution in [0.4, 0.5) is 0 Å². The van der Waals surface area contributed by atoms with Crippen molar-refractivity contribution in [2.75, 3.05) is 0 Å². The second-order valence-corrected chi connectivity index (χ2v) is 4.31. The summed E-state index contributed by atoms with van der Waals surface area (Å²) in [5.41, 5.74) is 2.61. The molecule has 92 valence electrons. The maximum Gasteiger partial charge on any atom is 0.0995 e. The van der Waals surface area contributed by atoms with E-state index in [-0.39, 0.29) is 0 Å². The molecule has 1 unspecified atom stereocenters. The molecule has 1 aromatic carbocycles. The summed E-state index contributed by atoms with van der Waals surface area (Å²) in [6, 6.07) is 11.7. The van der Waals surface area contributed by atoms with Crippen LogP contribution in [0.15, 0.2) is 42.7 Å². The molecule has 0 aliphatic heterocycles. The quantitative estimate of drug-likeness (QED) is 0.893. The lowest BCUT2D eigenvalue weighted by atomic mass is 10.1. The average molecular weight is 240 g/mol. The minimum atomic E-state index is -0.405. The molecular weight excluding hydrogens is 224 g/mol. The summed E-state index contributed by atoms with van der Waals surface area (Å²) in [6.45, 7) is 2.60. The molecule has 0 saturated heterocycles. The number of nitrogens with zero attached hydrogens (tertiary/aromatic N) is 2. The zero-order valence-electron chi connectivity index (χ0n) is 10.4. The molecule has 1 heterocycles. The Kier molecular flexibility index (Phi) is 3.81. The van der Waals surface area contributed by atoms with Crippen LogP contribution in [0, 0.1) is 11.3 Å². The van der Waals surface area contributed by atoms with Crippen LogP contribution in [-0.2, 0) is 6.54 Å². The first-order valence-electron chi connectivity index (χ1n) is 6.06. The Labute approximate surface area is 107 Å². The highest BCUT2D eigenvalue weighted by Gasteiger charge is 2.07. The van der Waals surface area contributed by atoms with Crippen molar-refractivity contribution in [3.05, 3.63) is 59.4 Å². The van der Waals surface area contributed by atoms with E-state index in [2.05, 4.69) is 6.07 Å². The van der Waals surface area contributed by atoms with E-state index < -0.39 is 6.10 Å². The molecule has 3 nitrogen and oxygen atoms in total. The monoisotopic (exact) mass is 240 g/mol. The van der Waals surface area contributed by atoms with E-state index in [1.54, 1.807) is 0 Å². The Morgan fingerprint density at radius 1 is 1.33 bits per heavy atom. The van der Waals surface area contributed by atoms with Crippen LogP contribution in [-0.4, -0.2) is 9.67 Å². The Morgan fingerprint density at radius 3 is 2.83 bits per heavy atom. The lowest BCUT2D eigenvalue weighted by Gasteiger charge is -2.06. The van der Waals surface area contributed by atoms with Crippen molar-refractivity contribution in [3.63, 3.8) is 0 Å². The van der Waals surface area contributed by atoms with Gasteiger partial charge in [0.1, 0.15) is 0 Å². The molecule has 0 amide bonds. The second-order valence-electron chi connectivity index (χ2n) is 4.31. The fourth-order valence-corrected chi connectivity index (χ4v) is 1.95. The van der Waals surface area contributed by atoms with E-state index in [1.165, 1.54) is 0 Å². The number of aliphatic hydroxyl groups excluding tert-OH is 1. The van der Waals surface area contributed by atoms with Gasteiger partial charge in [0.25, 0.3) is 0 Å². The van der Waals surface area contributed by atoms with Gasteiger partial charge in [0.05, 0.1) is 17.7 Å². The summed E-state index contributed by atoms with van der Waals surface area (Å²) < 4.78 is 1.99. The molecule has 1 atom stereocenters. The standard InChI is InChI=1S/C15H16N2O/c1-2-15(18)14-7-8-17(11-14)10-13-6-4-3-5-12(13)9-16/h3-8,11,15,18H,2,10H2,1H3. The summed E-state index contributed by atoms with van der Waals surface area (Å²) in [5.74, 6) is 0. The number of benzene rings is 1. The smallest absolute Gasteiger partial charge is 0.0995 e. The molecule has 3 heteroatoms. The van der Waals surface area contributed by atoms with Gasteiger partial charge in [0.15, 0.2) is 0 Å². The van der Waals surface area contributed by atoms with Crippen molar-refractivity contribution in [2.24, 2.45) is 0 Å². The van der Waals surface area contributed by atoms with Crippen molar-refractivity contribution in [3.8, 4) is 6.07 Å². The van der Waals surface area contributed by atoms with Crippen LogP contribution >= 0.6 is 0 Å². The summed E-state index contributed by atoms with van der Waals surface area (Å²) in [7, 11) is 0. The number of nitriles is 1. The minimum Gasteiger partial charge on any atom is -0.388 e. The summed E-state index contributed by atoms with van der Waals surface area (Å²) in [5, 5.41) is 18.8. The van der Waals surface area contributed by atoms with Crippen molar-refractivity contribution < 1.29 is 5.11 Å². The molecule has 0 saturated carbocycles. The predicted octanol–water partition coefficient (Wildman–Crippen LogP) is 2.85. The fraction of sp³-hybridized carbons (Fsp3) is 0.267. The predicted molar refractivity (Wildman–Crippen MR) is 69.9 cm³/mol. The molecule has 0 radical (unpaired) electrons. The SMILES string of the molecule is CCC(O)c1ccn(Cc2ccccc2C#N)c1. The third-order valence-electron chi connectivity index (χ3n) is 3.04. The maximum absolute atomic E-state index is 9.74. The summed E-state index contributed by atoms with van der Waals surface area (Å²) in [6.07, 6.45) is 4.17. The topological polar surface area (TPSA) is 49.0 Å². The van der Waals surface area contributed by atoms with Gasteiger partial charge in [0, 0.05) is 18.9 Å². The van der Waals surface area contributed by atoms with Gasteiger partial charge in [-0.2, -0.15) is 5.26 Å². The normalized spacial score (nSPS) is 12.1. The average Bonchev–Trinajstić information content (AvgIpc) is 2.87. The zero-order chi connectivity index (χ0) is 13.0. The van der Waals surface area contributed by atoms with Gasteiger partial charge in [-0.25, -0.2) is 0 Å². The van der Waals surface area contributed by atoms with Gasteiger partial charge in [0.2, 0.25) is 0 Å². The van der Waals surface area contributed by atoms with E-state index in [0.717, 1.165) is 11.1 Å². The molecule has 1 aromatic heterocycles. The van der Waals surface area contributed by atoms with Gasteiger partial charge >= 0.3 is 0 Å². The zero-order valence-corrected chi connectivity index (χ0v) is 10.4. The largest absolute Gasteiger partial charge is 0.388 e. The summed E-state index contributed by atoms with van der Waals surface area (Å²) in [4.78, 5) is 0. The first-order chi connectivity index (χ1) is 8.74. The highest BCUT2D eigenvalue weighted by molar-refractivity contribution is 5.37. The molecule has 2 rings (SSSR count). The lowest BCUT2D eigenvalue weighted by molar-refractivity contribution is 0.173. The van der Waals surface area contributed by atoms with E-state index >= 15 is 0 Å². The van der Waals surface area contributed by atoms with Crippen molar-refractivity contribution in [1.29, 1.82) is 5.26 Å². The molecule has 2 aromatic rings. The molecular formula is C15H16N2O. The van der Waals surface area contributed by atoms with Gasteiger partial charge in [-0.15, -0.1) is 0 Å². The minimum absolute atomic E-state index is 0.405. The van der Waals surface area contributed by atoms with E-state index in [0.29, 0.717) is 18.5 Å². The van der Waals surface area contributed by atoms with Crippen molar-refractivity contribution in [2.45, 2.75) is 26.0 Å². The fourth-order valence-electron chi connectivity index (χ4n) is 1.95. The van der Waals surface area contributed by atoms with Crippen LogP contribution in [0.25, 0.3) is 0 Å². The van der Waals surface area contributed by atoms with Crippen LogP contribution < -0.4 is 0 Å². The molecule has 0 spiro atoms. The van der Waals surface area contributed by atoms with Crippen molar-refractivity contribution >= 4 is 0 Å². The number of rotatable bonds is 4. The maximum atomic E-state index is 9.74. The van der Waals surface area contributed by atoms with Crippen LogP contribution in [0.2, 0.25) is 0 Å². The molecule has 0 aliphatic carbocycles. The molecule has 1 N–H and O–H groups in total. The molecule has 0 bridgehead atoms. The molecule has 18 heavy (non-hydrogen) atoms. The molecule has 0 aliphatic rings. The highest BCUT2D eigenvalue weighted by atomic mass is 16.3. The van der Waals surface area contributed by atoms with E-state index in [1.807, 2.05) is 54.2 Å². The Hall–Kier alpha value is -2.05. The van der Waals surface area contributed by atoms with Crippen molar-refractivity contribution in [1.82, 2.24) is 4.57 Å². The van der Waals surface area contributed by atoms with Gasteiger partial charge in [-0.05, 0) is 29.7 Å². The third kappa shape index (κ3) is 2.61. The summed E-state index contributed by atoms with van der Waals surface area (Å²) >= 11 is 0. The van der Waals surface area contributed by atoms with E-state index in [9.17, 15) is 5.11 Å². The molecule has 0 fully saturated rings. The first-order valence-corrected chi connectivity index (χ1v) is 6.06. The number of aromatic nitrogens is 1. The van der Waals surface area contributed by atoms with Crippen LogP contribution in [0.5, 0.6) is 0 Å². The Morgan fingerprint density at radius 2 is 2.11 bits per heavy atom. The first kappa shape index (κ1) is 12.4. The number of aliphatic hydroxyl groups is 1. The van der Waals surface area contributed by atoms with E-state index in [4.69, 9.17) is 5.26 Å². The van der Waals surface area contributed by atoms with Crippen LogP contribution in [0.3, 0.4) is 0 Å². The lowest BCUT2D eigenvalue weighted by Crippen LogP contribution is -1.99. The second kappa shape index (κ2) is 5.52. The number of hydrogen-bond donors (Lipinski definition) is 1. The van der Waals surface area contributed by atoms with Gasteiger partial charge in [-0.1, -0.05) is 25.1 Å².